The second-order valence-corrected chi connectivity index (χ2v) is 8.04. The zero-order valence-electron chi connectivity index (χ0n) is 11.5. The predicted molar refractivity (Wildman–Crippen MR) is 84.6 cm³/mol. The van der Waals surface area contributed by atoms with Crippen molar-refractivity contribution in [3.8, 4) is 10.8 Å². The topological polar surface area (TPSA) is 112 Å². The fourth-order valence-electron chi connectivity index (χ4n) is 1.68. The molecule has 3 rings (SSSR count). The quantitative estimate of drug-likeness (QED) is 0.690. The number of nitrogens with zero attached hydrogens (tertiary/aromatic N) is 1. The van der Waals surface area contributed by atoms with Crippen molar-refractivity contribution in [1.82, 2.24) is 4.98 Å². The number of hydrogen-bond donors (Lipinski definition) is 1. The number of hydrogen-bond acceptors (Lipinski definition) is 8. The highest BCUT2D eigenvalue weighted by Gasteiger charge is 2.17. The van der Waals surface area contributed by atoms with E-state index in [1.165, 1.54) is 29.0 Å². The zero-order chi connectivity index (χ0) is 16.4. The Labute approximate surface area is 139 Å². The van der Waals surface area contributed by atoms with Gasteiger partial charge in [-0.15, -0.1) is 22.7 Å². The minimum absolute atomic E-state index is 0.0751. The molecule has 0 radical (unpaired) electrons. The molecule has 10 heteroatoms. The second kappa shape index (κ2) is 6.24. The number of oxazole rings is 1. The molecular weight excluding hydrogens is 360 g/mol. The maximum absolute atomic E-state index is 11.9. The molecule has 0 amide bonds. The number of sulfonamides is 1. The number of nitrogens with two attached hydrogens (primary N) is 1. The molecule has 0 aliphatic heterocycles. The molecule has 120 valence electrons. The van der Waals surface area contributed by atoms with E-state index < -0.39 is 16.0 Å². The van der Waals surface area contributed by atoms with E-state index in [1.54, 1.807) is 0 Å². The van der Waals surface area contributed by atoms with Crippen LogP contribution in [0.5, 0.6) is 0 Å². The minimum Gasteiger partial charge on any atom is -0.455 e. The number of carbonyl (C=O) groups is 1. The van der Waals surface area contributed by atoms with Gasteiger partial charge in [-0.25, -0.2) is 23.3 Å². The summed E-state index contributed by atoms with van der Waals surface area (Å²) in [6.07, 6.45) is 1.41. The van der Waals surface area contributed by atoms with Gasteiger partial charge in [0.05, 0.1) is 10.4 Å². The molecule has 0 bridgehead atoms. The summed E-state index contributed by atoms with van der Waals surface area (Å²) in [4.78, 5) is 17.0. The lowest BCUT2D eigenvalue weighted by Crippen LogP contribution is -2.10. The van der Waals surface area contributed by atoms with E-state index in [0.29, 0.717) is 11.6 Å². The van der Waals surface area contributed by atoms with Crippen molar-refractivity contribution in [2.45, 2.75) is 10.8 Å². The fourth-order valence-corrected chi connectivity index (χ4v) is 3.91. The van der Waals surface area contributed by atoms with E-state index in [1.807, 2.05) is 17.5 Å². The third kappa shape index (κ3) is 3.67. The van der Waals surface area contributed by atoms with Gasteiger partial charge in [0.2, 0.25) is 15.9 Å². The molecule has 0 saturated carbocycles. The summed E-state index contributed by atoms with van der Waals surface area (Å²) in [5, 5.41) is 8.27. The normalized spacial score (nSPS) is 11.5. The summed E-state index contributed by atoms with van der Waals surface area (Å²) < 4.78 is 32.7. The number of carbonyl (C=O) groups excluding carboxylic acids is 1. The van der Waals surface area contributed by atoms with Crippen LogP contribution in [0, 0.1) is 0 Å². The first kappa shape index (κ1) is 15.9. The van der Waals surface area contributed by atoms with E-state index in [2.05, 4.69) is 4.98 Å². The Balaban J connectivity index is 1.64. The van der Waals surface area contributed by atoms with Crippen molar-refractivity contribution in [2.24, 2.45) is 5.14 Å². The van der Waals surface area contributed by atoms with Crippen molar-refractivity contribution in [1.29, 1.82) is 0 Å². The first-order valence-electron chi connectivity index (χ1n) is 6.20. The van der Waals surface area contributed by atoms with Gasteiger partial charge in [0, 0.05) is 5.38 Å². The van der Waals surface area contributed by atoms with E-state index in [-0.39, 0.29) is 16.4 Å². The highest BCUT2D eigenvalue weighted by Crippen LogP contribution is 2.24. The maximum atomic E-state index is 11.9. The predicted octanol–water partition coefficient (Wildman–Crippen LogP) is 2.47. The molecule has 23 heavy (non-hydrogen) atoms. The molecule has 0 aliphatic rings. The molecule has 0 unspecified atom stereocenters. The van der Waals surface area contributed by atoms with Crippen LogP contribution < -0.4 is 5.14 Å². The van der Waals surface area contributed by atoms with Gasteiger partial charge < -0.3 is 9.15 Å². The van der Waals surface area contributed by atoms with Crippen molar-refractivity contribution < 1.29 is 22.4 Å². The van der Waals surface area contributed by atoms with Gasteiger partial charge in [0.25, 0.3) is 0 Å². The van der Waals surface area contributed by atoms with Gasteiger partial charge in [0.15, 0.2) is 0 Å². The molecule has 3 aromatic rings. The van der Waals surface area contributed by atoms with E-state index in [4.69, 9.17) is 14.3 Å². The monoisotopic (exact) mass is 370 g/mol. The molecule has 0 spiro atoms. The Kier molecular flexibility index (Phi) is 4.31. The van der Waals surface area contributed by atoms with Crippen LogP contribution >= 0.6 is 22.7 Å². The van der Waals surface area contributed by atoms with Gasteiger partial charge in [0.1, 0.15) is 22.8 Å². The largest absolute Gasteiger partial charge is 0.455 e. The van der Waals surface area contributed by atoms with Crippen molar-refractivity contribution >= 4 is 38.7 Å². The van der Waals surface area contributed by atoms with Crippen molar-refractivity contribution in [2.75, 3.05) is 0 Å². The Morgan fingerprint density at radius 2 is 2.22 bits per heavy atom. The average Bonchev–Trinajstić information content (AvgIpc) is 3.22. The molecule has 0 fully saturated rings. The number of thiophene rings is 2. The number of primary sulfonamides is 1. The molecule has 3 heterocycles. The van der Waals surface area contributed by atoms with Crippen molar-refractivity contribution in [3.05, 3.63) is 46.5 Å². The zero-order valence-corrected chi connectivity index (χ0v) is 13.9. The summed E-state index contributed by atoms with van der Waals surface area (Å²) in [6.45, 7) is -0.0751. The third-order valence-corrected chi connectivity index (χ3v) is 5.97. The lowest BCUT2D eigenvalue weighted by atomic mass is 10.3. The number of rotatable bonds is 5. The van der Waals surface area contributed by atoms with Crippen LogP contribution in [0.2, 0.25) is 0 Å². The number of aromatic nitrogens is 1. The first-order chi connectivity index (χ1) is 10.9. The Morgan fingerprint density at radius 3 is 2.87 bits per heavy atom. The molecule has 7 nitrogen and oxygen atoms in total. The molecule has 0 saturated heterocycles. The van der Waals surface area contributed by atoms with Crippen LogP contribution in [-0.4, -0.2) is 19.4 Å². The van der Waals surface area contributed by atoms with Gasteiger partial charge >= 0.3 is 5.97 Å². The van der Waals surface area contributed by atoms with Crippen LogP contribution in [0.15, 0.2) is 43.8 Å². The van der Waals surface area contributed by atoms with Gasteiger partial charge in [-0.2, -0.15) is 0 Å². The summed E-state index contributed by atoms with van der Waals surface area (Å²) in [5.74, 6) is -0.199. The summed E-state index contributed by atoms with van der Waals surface area (Å²) >= 11 is 2.35. The van der Waals surface area contributed by atoms with Crippen LogP contribution in [0.3, 0.4) is 0 Å². The summed E-state index contributed by atoms with van der Waals surface area (Å²) in [7, 11) is -3.82. The fraction of sp³-hybridized carbons (Fsp3) is 0.0769. The van der Waals surface area contributed by atoms with E-state index >= 15 is 0 Å². The highest BCUT2D eigenvalue weighted by atomic mass is 32.2. The van der Waals surface area contributed by atoms with Gasteiger partial charge in [-0.1, -0.05) is 6.07 Å². The van der Waals surface area contributed by atoms with E-state index in [9.17, 15) is 13.2 Å². The smallest absolute Gasteiger partial charge is 0.339 e. The molecule has 0 atom stereocenters. The minimum atomic E-state index is -3.82. The van der Waals surface area contributed by atoms with Crippen LogP contribution in [0.25, 0.3) is 10.8 Å². The SMILES string of the molecule is NS(=O)(=O)c1cc(C(=O)OCc2coc(-c3cccs3)n2)cs1. The molecule has 0 aromatic carbocycles. The molecular formula is C13H10N2O5S3. The van der Waals surface area contributed by atoms with Crippen molar-refractivity contribution in [3.63, 3.8) is 0 Å². The number of esters is 1. The Bertz CT molecular complexity index is 925. The average molecular weight is 370 g/mol. The molecule has 3 aromatic heterocycles. The van der Waals surface area contributed by atoms with Gasteiger partial charge in [-0.05, 0) is 17.5 Å². The number of ether oxygens (including phenoxy) is 1. The highest BCUT2D eigenvalue weighted by molar-refractivity contribution is 7.91. The summed E-state index contributed by atoms with van der Waals surface area (Å²) in [5.41, 5.74) is 0.588. The maximum Gasteiger partial charge on any atom is 0.339 e. The Morgan fingerprint density at radius 1 is 1.39 bits per heavy atom. The van der Waals surface area contributed by atoms with Crippen LogP contribution in [0.1, 0.15) is 16.1 Å². The molecule has 0 aliphatic carbocycles. The lowest BCUT2D eigenvalue weighted by Gasteiger charge is -1.99. The van der Waals surface area contributed by atoms with E-state index in [0.717, 1.165) is 16.2 Å². The Hall–Kier alpha value is -2.01. The lowest BCUT2D eigenvalue weighted by molar-refractivity contribution is 0.0468. The summed E-state index contributed by atoms with van der Waals surface area (Å²) in [6, 6.07) is 4.93. The van der Waals surface area contributed by atoms with Crippen LogP contribution in [0.4, 0.5) is 0 Å². The molecule has 2 N–H and O–H groups in total. The third-order valence-electron chi connectivity index (χ3n) is 2.73. The first-order valence-corrected chi connectivity index (χ1v) is 9.51. The standard InChI is InChI=1S/C13H10N2O5S3/c14-23(17,18)11-4-8(7-22-11)13(16)20-6-9-5-19-12(15-9)10-2-1-3-21-10/h1-5,7H,6H2,(H2,14,17,18). The van der Waals surface area contributed by atoms with Crippen LogP contribution in [-0.2, 0) is 21.4 Å². The second-order valence-electron chi connectivity index (χ2n) is 4.40. The van der Waals surface area contributed by atoms with Gasteiger partial charge in [-0.3, -0.25) is 0 Å².